The summed E-state index contributed by atoms with van der Waals surface area (Å²) in [5.74, 6) is 2.05. The minimum absolute atomic E-state index is 0.174. The van der Waals surface area contributed by atoms with E-state index in [1.807, 2.05) is 6.08 Å². The molecule has 0 aromatic carbocycles. The van der Waals surface area contributed by atoms with Crippen LogP contribution in [0.4, 0.5) is 0 Å². The van der Waals surface area contributed by atoms with E-state index in [1.165, 1.54) is 37.7 Å². The molecule has 0 saturated heterocycles. The van der Waals surface area contributed by atoms with Gasteiger partial charge in [0.15, 0.2) is 5.78 Å². The van der Waals surface area contributed by atoms with Gasteiger partial charge in [0.05, 0.1) is 3.92 Å². The number of rotatable bonds is 0. The van der Waals surface area contributed by atoms with Crippen molar-refractivity contribution in [1.82, 2.24) is 0 Å². The van der Waals surface area contributed by atoms with Crippen molar-refractivity contribution in [3.05, 3.63) is 23.3 Å². The molecule has 2 heteroatoms. The van der Waals surface area contributed by atoms with E-state index in [0.29, 0.717) is 11.2 Å². The predicted octanol–water partition coefficient (Wildman–Crippen LogP) is 5.24. The molecule has 0 spiro atoms. The van der Waals surface area contributed by atoms with Crippen LogP contribution in [0.2, 0.25) is 0 Å². The van der Waals surface area contributed by atoms with Crippen molar-refractivity contribution in [1.29, 1.82) is 0 Å². The largest absolute Gasteiger partial charge is 0.294 e. The number of allylic oxidation sites excluding steroid dienone is 4. The molecule has 2 fully saturated rings. The molecule has 4 aliphatic carbocycles. The number of ketones is 1. The Bertz CT molecular complexity index is 560. The summed E-state index contributed by atoms with van der Waals surface area (Å²) in [5, 5.41) is 0. The molecule has 0 amide bonds. The molecule has 0 aromatic rings. The third-order valence-corrected chi connectivity index (χ3v) is 8.17. The van der Waals surface area contributed by atoms with Gasteiger partial charge in [-0.15, -0.1) is 0 Å². The van der Waals surface area contributed by atoms with E-state index >= 15 is 0 Å². The molecule has 0 N–H and O–H groups in total. The Labute approximate surface area is 141 Å². The molecule has 21 heavy (non-hydrogen) atoms. The van der Waals surface area contributed by atoms with Gasteiger partial charge in [-0.25, -0.2) is 0 Å². The molecule has 4 rings (SSSR count). The zero-order chi connectivity index (χ0) is 14.8. The van der Waals surface area contributed by atoms with E-state index in [-0.39, 0.29) is 9.34 Å². The third kappa shape index (κ3) is 1.96. The summed E-state index contributed by atoms with van der Waals surface area (Å²) in [6.07, 6.45) is 13.6. The second-order valence-corrected chi connectivity index (χ2v) is 9.74. The summed E-state index contributed by atoms with van der Waals surface area (Å²) in [6, 6.07) is 0. The number of carbonyl (C=O) groups is 1. The van der Waals surface area contributed by atoms with Gasteiger partial charge in [-0.2, -0.15) is 0 Å². The second kappa shape index (κ2) is 4.69. The van der Waals surface area contributed by atoms with E-state index in [0.717, 1.165) is 24.7 Å². The van der Waals surface area contributed by atoms with Gasteiger partial charge in [0.25, 0.3) is 0 Å². The van der Waals surface area contributed by atoms with E-state index in [4.69, 9.17) is 0 Å². The van der Waals surface area contributed by atoms with Crippen LogP contribution < -0.4 is 0 Å². The highest BCUT2D eigenvalue weighted by atomic mass is 127. The first-order valence-corrected chi connectivity index (χ1v) is 9.78. The van der Waals surface area contributed by atoms with Gasteiger partial charge in [0.1, 0.15) is 0 Å². The number of hydrogen-bond donors (Lipinski definition) is 0. The standard InChI is InChI=1S/C19H25IO/c1-18-8-3-4-14(18)13-6-5-12-10-17(21)16(20)11-19(12,2)15(13)7-9-18/h7,10,13-14,16H,3-6,8-9,11H2,1-2H3/t13-,14-,16?,18-,19-/m0/s1. The van der Waals surface area contributed by atoms with Crippen LogP contribution in [-0.4, -0.2) is 9.71 Å². The molecule has 0 radical (unpaired) electrons. The Balaban J connectivity index is 1.77. The molecule has 0 aromatic heterocycles. The fraction of sp³-hybridized carbons (Fsp3) is 0.737. The first kappa shape index (κ1) is 14.5. The van der Waals surface area contributed by atoms with Crippen molar-refractivity contribution < 1.29 is 4.79 Å². The number of alkyl halides is 1. The van der Waals surface area contributed by atoms with Crippen LogP contribution in [-0.2, 0) is 4.79 Å². The van der Waals surface area contributed by atoms with Gasteiger partial charge < -0.3 is 0 Å². The first-order chi connectivity index (χ1) is 9.94. The minimum atomic E-state index is 0.174. The van der Waals surface area contributed by atoms with Gasteiger partial charge in [-0.05, 0) is 61.9 Å². The predicted molar refractivity (Wildman–Crippen MR) is 94.5 cm³/mol. The maximum absolute atomic E-state index is 12.1. The van der Waals surface area contributed by atoms with Gasteiger partial charge in [0, 0.05) is 5.41 Å². The highest BCUT2D eigenvalue weighted by Crippen LogP contribution is 2.63. The number of carbonyl (C=O) groups excluding carboxylic acids is 1. The van der Waals surface area contributed by atoms with Gasteiger partial charge in [0.2, 0.25) is 0 Å². The topological polar surface area (TPSA) is 17.1 Å². The summed E-state index contributed by atoms with van der Waals surface area (Å²) in [6.45, 7) is 4.95. The zero-order valence-corrected chi connectivity index (χ0v) is 15.3. The monoisotopic (exact) mass is 396 g/mol. The quantitative estimate of drug-likeness (QED) is 0.311. The summed E-state index contributed by atoms with van der Waals surface area (Å²) in [4.78, 5) is 12.1. The van der Waals surface area contributed by atoms with Crippen molar-refractivity contribution in [2.75, 3.05) is 0 Å². The lowest BCUT2D eigenvalue weighted by molar-refractivity contribution is -0.114. The normalized spacial score (nSPS) is 48.9. The summed E-state index contributed by atoms with van der Waals surface area (Å²) in [5.41, 5.74) is 3.90. The summed E-state index contributed by atoms with van der Waals surface area (Å²) >= 11 is 2.36. The Kier molecular flexibility index (Phi) is 3.23. The number of halogens is 1. The molecule has 1 nitrogen and oxygen atoms in total. The highest BCUT2D eigenvalue weighted by molar-refractivity contribution is 14.1. The average Bonchev–Trinajstić information content (AvgIpc) is 2.82. The van der Waals surface area contributed by atoms with Crippen LogP contribution in [0.1, 0.15) is 58.8 Å². The van der Waals surface area contributed by atoms with E-state index < -0.39 is 0 Å². The molecule has 1 unspecified atom stereocenters. The summed E-state index contributed by atoms with van der Waals surface area (Å²) < 4.78 is 0.174. The molecule has 5 atom stereocenters. The fourth-order valence-corrected chi connectivity index (χ4v) is 6.94. The maximum atomic E-state index is 12.1. The van der Waals surface area contributed by atoms with Gasteiger partial charge in [-0.1, -0.05) is 60.1 Å². The fourth-order valence-electron chi connectivity index (χ4n) is 5.88. The van der Waals surface area contributed by atoms with Crippen molar-refractivity contribution in [2.24, 2.45) is 22.7 Å². The molecule has 2 saturated carbocycles. The molecule has 4 aliphatic rings. The number of hydrogen-bond acceptors (Lipinski definition) is 1. The lowest BCUT2D eigenvalue weighted by Gasteiger charge is -2.53. The van der Waals surface area contributed by atoms with Crippen molar-refractivity contribution in [3.63, 3.8) is 0 Å². The lowest BCUT2D eigenvalue weighted by Crippen LogP contribution is -2.44. The van der Waals surface area contributed by atoms with Crippen LogP contribution in [0, 0.1) is 22.7 Å². The number of fused-ring (bicyclic) bond motifs is 5. The van der Waals surface area contributed by atoms with Crippen LogP contribution >= 0.6 is 22.6 Å². The highest BCUT2D eigenvalue weighted by Gasteiger charge is 2.53. The van der Waals surface area contributed by atoms with E-state index in [2.05, 4.69) is 42.5 Å². The third-order valence-electron chi connectivity index (χ3n) is 7.11. The molecular weight excluding hydrogens is 371 g/mol. The zero-order valence-electron chi connectivity index (χ0n) is 13.1. The van der Waals surface area contributed by atoms with Crippen molar-refractivity contribution >= 4 is 28.4 Å². The van der Waals surface area contributed by atoms with Crippen LogP contribution in [0.15, 0.2) is 23.3 Å². The Morgan fingerprint density at radius 2 is 2.10 bits per heavy atom. The van der Waals surface area contributed by atoms with Gasteiger partial charge in [-0.3, -0.25) is 4.79 Å². The Morgan fingerprint density at radius 3 is 2.90 bits per heavy atom. The average molecular weight is 396 g/mol. The Hall–Kier alpha value is -0.120. The molecule has 0 bridgehead atoms. The van der Waals surface area contributed by atoms with Crippen molar-refractivity contribution in [3.8, 4) is 0 Å². The first-order valence-electron chi connectivity index (χ1n) is 8.53. The van der Waals surface area contributed by atoms with Crippen LogP contribution in [0.5, 0.6) is 0 Å². The second-order valence-electron chi connectivity index (χ2n) is 8.24. The Morgan fingerprint density at radius 1 is 1.29 bits per heavy atom. The van der Waals surface area contributed by atoms with E-state index in [9.17, 15) is 4.79 Å². The van der Waals surface area contributed by atoms with E-state index in [1.54, 1.807) is 5.57 Å². The summed E-state index contributed by atoms with van der Waals surface area (Å²) in [7, 11) is 0. The smallest absolute Gasteiger partial charge is 0.168 e. The molecule has 114 valence electrons. The van der Waals surface area contributed by atoms with Crippen molar-refractivity contribution in [2.45, 2.75) is 62.7 Å². The molecule has 0 heterocycles. The van der Waals surface area contributed by atoms with Crippen LogP contribution in [0.3, 0.4) is 0 Å². The molecule has 0 aliphatic heterocycles. The maximum Gasteiger partial charge on any atom is 0.168 e. The SMILES string of the molecule is C[C@]12CC(I)C(=O)C=C1CC[C@@H]1C2=CC[C@]2(C)CCC[C@@H]12. The van der Waals surface area contributed by atoms with Gasteiger partial charge >= 0.3 is 0 Å². The lowest BCUT2D eigenvalue weighted by atomic mass is 9.52. The molecular formula is C19H25IO. The minimum Gasteiger partial charge on any atom is -0.294 e. The van der Waals surface area contributed by atoms with Crippen LogP contribution in [0.25, 0.3) is 0 Å².